The first-order valence-corrected chi connectivity index (χ1v) is 8.44. The molecule has 7 nitrogen and oxygen atoms in total. The molecule has 0 radical (unpaired) electrons. The number of nitrogens with zero attached hydrogens (tertiary/aromatic N) is 1. The van der Waals surface area contributed by atoms with E-state index in [0.29, 0.717) is 30.3 Å². The molecule has 2 amide bonds. The maximum Gasteiger partial charge on any atom is 0.319 e. The summed E-state index contributed by atoms with van der Waals surface area (Å²) in [5.41, 5.74) is 1.52. The fourth-order valence-corrected chi connectivity index (χ4v) is 2.57. The molecule has 3 aromatic rings. The Bertz CT molecular complexity index is 930. The average molecular weight is 367 g/mol. The van der Waals surface area contributed by atoms with Crippen LogP contribution in [0.3, 0.4) is 0 Å². The highest BCUT2D eigenvalue weighted by Gasteiger charge is 2.07. The third-order valence-corrected chi connectivity index (χ3v) is 3.87. The second-order valence-electron chi connectivity index (χ2n) is 5.66. The van der Waals surface area contributed by atoms with Crippen LogP contribution in [-0.4, -0.2) is 38.4 Å². The minimum atomic E-state index is -0.325. The van der Waals surface area contributed by atoms with E-state index in [1.54, 1.807) is 38.6 Å². The SMILES string of the molecule is COc1ccc(NC(=O)NCCOc2ccc3ncccc3c2)cc1OC. The Morgan fingerprint density at radius 1 is 1.04 bits per heavy atom. The molecule has 7 heteroatoms. The van der Waals surface area contributed by atoms with Crippen molar-refractivity contribution >= 4 is 22.6 Å². The first kappa shape index (κ1) is 18.3. The summed E-state index contributed by atoms with van der Waals surface area (Å²) in [5.74, 6) is 1.88. The molecule has 1 heterocycles. The minimum Gasteiger partial charge on any atom is -0.493 e. The van der Waals surface area contributed by atoms with Gasteiger partial charge >= 0.3 is 6.03 Å². The standard InChI is InChI=1S/C20H21N3O4/c1-25-18-8-5-15(13-19(18)26-2)23-20(24)22-10-11-27-16-6-7-17-14(12-16)4-3-9-21-17/h3-9,12-13H,10-11H2,1-2H3,(H2,22,23,24). The molecule has 0 spiro atoms. The molecule has 0 bridgehead atoms. The van der Waals surface area contributed by atoms with E-state index in [0.717, 1.165) is 16.7 Å². The van der Waals surface area contributed by atoms with Crippen molar-refractivity contribution in [1.29, 1.82) is 0 Å². The zero-order valence-corrected chi connectivity index (χ0v) is 15.2. The number of nitrogens with one attached hydrogen (secondary N) is 2. The first-order chi connectivity index (χ1) is 13.2. The number of fused-ring (bicyclic) bond motifs is 1. The van der Waals surface area contributed by atoms with Crippen molar-refractivity contribution in [2.24, 2.45) is 0 Å². The maximum absolute atomic E-state index is 12.0. The van der Waals surface area contributed by atoms with E-state index in [1.807, 2.05) is 30.3 Å². The number of aromatic nitrogens is 1. The number of hydrogen-bond acceptors (Lipinski definition) is 5. The van der Waals surface area contributed by atoms with Crippen LogP contribution in [-0.2, 0) is 0 Å². The van der Waals surface area contributed by atoms with Gasteiger partial charge in [-0.25, -0.2) is 4.79 Å². The topological polar surface area (TPSA) is 81.7 Å². The molecule has 1 aromatic heterocycles. The van der Waals surface area contributed by atoms with Crippen LogP contribution in [0.25, 0.3) is 10.9 Å². The molecule has 2 aromatic carbocycles. The van der Waals surface area contributed by atoms with Crippen molar-refractivity contribution < 1.29 is 19.0 Å². The van der Waals surface area contributed by atoms with Crippen LogP contribution in [0.1, 0.15) is 0 Å². The molecule has 0 unspecified atom stereocenters. The largest absolute Gasteiger partial charge is 0.493 e. The number of urea groups is 1. The van der Waals surface area contributed by atoms with Gasteiger partial charge in [-0.15, -0.1) is 0 Å². The van der Waals surface area contributed by atoms with Crippen LogP contribution in [0.2, 0.25) is 0 Å². The lowest BCUT2D eigenvalue weighted by Gasteiger charge is -2.12. The van der Waals surface area contributed by atoms with Gasteiger partial charge in [0.2, 0.25) is 0 Å². The van der Waals surface area contributed by atoms with Gasteiger partial charge in [-0.05, 0) is 36.4 Å². The molecule has 0 fully saturated rings. The van der Waals surface area contributed by atoms with E-state index in [-0.39, 0.29) is 6.03 Å². The smallest absolute Gasteiger partial charge is 0.319 e. The summed E-state index contributed by atoms with van der Waals surface area (Å²) in [6.45, 7) is 0.718. The minimum absolute atomic E-state index is 0.325. The van der Waals surface area contributed by atoms with E-state index >= 15 is 0 Å². The van der Waals surface area contributed by atoms with Crippen molar-refractivity contribution in [2.45, 2.75) is 0 Å². The number of carbonyl (C=O) groups is 1. The van der Waals surface area contributed by atoms with Crippen LogP contribution in [0.4, 0.5) is 10.5 Å². The predicted molar refractivity (Wildman–Crippen MR) is 104 cm³/mol. The van der Waals surface area contributed by atoms with Crippen molar-refractivity contribution in [2.75, 3.05) is 32.7 Å². The van der Waals surface area contributed by atoms with Gasteiger partial charge in [-0.2, -0.15) is 0 Å². The summed E-state index contributed by atoms with van der Waals surface area (Å²) in [4.78, 5) is 16.3. The Morgan fingerprint density at radius 2 is 1.89 bits per heavy atom. The molecule has 3 rings (SSSR count). The van der Waals surface area contributed by atoms with Gasteiger partial charge in [0.15, 0.2) is 11.5 Å². The van der Waals surface area contributed by atoms with E-state index in [9.17, 15) is 4.79 Å². The number of rotatable bonds is 7. The van der Waals surface area contributed by atoms with Gasteiger partial charge in [0.25, 0.3) is 0 Å². The summed E-state index contributed by atoms with van der Waals surface area (Å²) < 4.78 is 16.1. The van der Waals surface area contributed by atoms with Gasteiger partial charge in [-0.1, -0.05) is 6.07 Å². The molecular weight excluding hydrogens is 346 g/mol. The number of ether oxygens (including phenoxy) is 3. The average Bonchev–Trinajstić information content (AvgIpc) is 2.71. The number of hydrogen-bond donors (Lipinski definition) is 2. The van der Waals surface area contributed by atoms with Crippen molar-refractivity contribution in [3.05, 3.63) is 54.7 Å². The summed E-state index contributed by atoms with van der Waals surface area (Å²) in [6, 6.07) is 14.4. The second-order valence-corrected chi connectivity index (χ2v) is 5.66. The lowest BCUT2D eigenvalue weighted by molar-refractivity contribution is 0.247. The second kappa shape index (κ2) is 8.75. The normalized spacial score (nSPS) is 10.3. The molecule has 0 atom stereocenters. The number of methoxy groups -OCH3 is 2. The highest BCUT2D eigenvalue weighted by molar-refractivity contribution is 5.89. The molecule has 2 N–H and O–H groups in total. The van der Waals surface area contributed by atoms with Gasteiger partial charge in [-0.3, -0.25) is 4.98 Å². The third-order valence-electron chi connectivity index (χ3n) is 3.87. The monoisotopic (exact) mass is 367 g/mol. The number of benzene rings is 2. The third kappa shape index (κ3) is 4.78. The molecule has 27 heavy (non-hydrogen) atoms. The van der Waals surface area contributed by atoms with Crippen molar-refractivity contribution in [3.63, 3.8) is 0 Å². The molecule has 140 valence electrons. The zero-order chi connectivity index (χ0) is 19.1. The molecule has 0 aliphatic heterocycles. The summed E-state index contributed by atoms with van der Waals surface area (Å²) in [6.07, 6.45) is 1.75. The Kier molecular flexibility index (Phi) is 5.94. The Balaban J connectivity index is 1.46. The van der Waals surface area contributed by atoms with Crippen molar-refractivity contribution in [1.82, 2.24) is 10.3 Å². The Labute approximate surface area is 157 Å². The van der Waals surface area contributed by atoms with E-state index < -0.39 is 0 Å². The lowest BCUT2D eigenvalue weighted by atomic mass is 10.2. The number of carbonyl (C=O) groups excluding carboxylic acids is 1. The lowest BCUT2D eigenvalue weighted by Crippen LogP contribution is -2.32. The fourth-order valence-electron chi connectivity index (χ4n) is 2.57. The molecule has 0 saturated carbocycles. The Morgan fingerprint density at radius 3 is 2.70 bits per heavy atom. The van der Waals surface area contributed by atoms with E-state index in [1.165, 1.54) is 0 Å². The van der Waals surface area contributed by atoms with Gasteiger partial charge in [0, 0.05) is 23.3 Å². The van der Waals surface area contributed by atoms with Crippen LogP contribution >= 0.6 is 0 Å². The number of pyridine rings is 1. The van der Waals surface area contributed by atoms with Crippen LogP contribution in [0.5, 0.6) is 17.2 Å². The van der Waals surface area contributed by atoms with Gasteiger partial charge in [0.05, 0.1) is 26.3 Å². The summed E-state index contributed by atoms with van der Waals surface area (Å²) in [7, 11) is 3.10. The zero-order valence-electron chi connectivity index (χ0n) is 15.2. The highest BCUT2D eigenvalue weighted by Crippen LogP contribution is 2.29. The quantitative estimate of drug-likeness (QED) is 0.625. The molecule has 0 aliphatic rings. The van der Waals surface area contributed by atoms with Gasteiger partial charge in [0.1, 0.15) is 12.4 Å². The fraction of sp³-hybridized carbons (Fsp3) is 0.200. The predicted octanol–water partition coefficient (Wildman–Crippen LogP) is 3.45. The van der Waals surface area contributed by atoms with Crippen molar-refractivity contribution in [3.8, 4) is 17.2 Å². The molecule has 0 saturated heterocycles. The first-order valence-electron chi connectivity index (χ1n) is 8.44. The van der Waals surface area contributed by atoms with Crippen LogP contribution in [0, 0.1) is 0 Å². The maximum atomic E-state index is 12.0. The Hall–Kier alpha value is -3.48. The highest BCUT2D eigenvalue weighted by atomic mass is 16.5. The molecule has 0 aliphatic carbocycles. The van der Waals surface area contributed by atoms with E-state index in [2.05, 4.69) is 15.6 Å². The van der Waals surface area contributed by atoms with Crippen LogP contribution < -0.4 is 24.8 Å². The summed E-state index contributed by atoms with van der Waals surface area (Å²) in [5, 5.41) is 6.50. The molecular formula is C20H21N3O4. The van der Waals surface area contributed by atoms with Crippen LogP contribution in [0.15, 0.2) is 54.7 Å². The summed E-state index contributed by atoms with van der Waals surface area (Å²) >= 11 is 0. The van der Waals surface area contributed by atoms with Gasteiger partial charge < -0.3 is 24.8 Å². The number of anilines is 1. The van der Waals surface area contributed by atoms with E-state index in [4.69, 9.17) is 14.2 Å². The number of amides is 2.